The topological polar surface area (TPSA) is 42.0 Å². The van der Waals surface area contributed by atoms with Gasteiger partial charge in [0.1, 0.15) is 0 Å². The molecular weight excluding hydrogens is 336 g/mol. The highest BCUT2D eigenvalue weighted by molar-refractivity contribution is 8.01. The number of nitrogens with one attached hydrogen (secondary N) is 1. The number of carbonyl (C=O) groups is 1. The van der Waals surface area contributed by atoms with Crippen LogP contribution in [-0.4, -0.2) is 16.6 Å². The van der Waals surface area contributed by atoms with E-state index in [9.17, 15) is 4.79 Å². The molecule has 0 radical (unpaired) electrons. The van der Waals surface area contributed by atoms with E-state index >= 15 is 0 Å². The van der Waals surface area contributed by atoms with E-state index in [-0.39, 0.29) is 5.91 Å². The lowest BCUT2D eigenvalue weighted by atomic mass is 10.2. The summed E-state index contributed by atoms with van der Waals surface area (Å²) in [6, 6.07) is 15.5. The van der Waals surface area contributed by atoms with Crippen molar-refractivity contribution in [1.29, 1.82) is 0 Å². The van der Waals surface area contributed by atoms with Crippen LogP contribution in [0, 0.1) is 0 Å². The summed E-state index contributed by atoms with van der Waals surface area (Å²) in [5.74, 6) is 0.367. The van der Waals surface area contributed by atoms with Gasteiger partial charge >= 0.3 is 0 Å². The molecule has 0 bridgehead atoms. The van der Waals surface area contributed by atoms with Gasteiger partial charge in [0, 0.05) is 11.6 Å². The van der Waals surface area contributed by atoms with Crippen molar-refractivity contribution in [3.63, 3.8) is 0 Å². The van der Waals surface area contributed by atoms with Crippen molar-refractivity contribution in [3.8, 4) is 0 Å². The van der Waals surface area contributed by atoms with Crippen molar-refractivity contribution in [2.45, 2.75) is 10.9 Å². The van der Waals surface area contributed by atoms with Crippen LogP contribution < -0.4 is 5.32 Å². The molecule has 0 saturated carbocycles. The number of carbonyl (C=O) groups excluding carboxylic acids is 1. The van der Waals surface area contributed by atoms with Crippen LogP contribution in [-0.2, 0) is 11.3 Å². The van der Waals surface area contributed by atoms with Crippen molar-refractivity contribution in [1.82, 2.24) is 10.3 Å². The number of amides is 1. The summed E-state index contributed by atoms with van der Waals surface area (Å²) in [6.07, 6.45) is 0. The molecule has 6 heteroatoms. The first kappa shape index (κ1) is 15.3. The molecule has 3 aromatic rings. The van der Waals surface area contributed by atoms with Gasteiger partial charge in [-0.2, -0.15) is 0 Å². The Morgan fingerprint density at radius 1 is 1.23 bits per heavy atom. The Balaban J connectivity index is 1.53. The summed E-state index contributed by atoms with van der Waals surface area (Å²) in [6.45, 7) is 0.551. The number of hydrogen-bond donors (Lipinski definition) is 1. The zero-order chi connectivity index (χ0) is 15.4. The van der Waals surface area contributed by atoms with Gasteiger partial charge in [-0.3, -0.25) is 4.79 Å². The van der Waals surface area contributed by atoms with Gasteiger partial charge in [0.05, 0.1) is 16.0 Å². The van der Waals surface area contributed by atoms with E-state index in [0.717, 1.165) is 20.1 Å². The normalized spacial score (nSPS) is 10.8. The summed E-state index contributed by atoms with van der Waals surface area (Å²) in [7, 11) is 0. The molecule has 1 aromatic heterocycles. The maximum Gasteiger partial charge on any atom is 0.230 e. The molecule has 0 atom stereocenters. The first-order valence-electron chi connectivity index (χ1n) is 6.70. The average Bonchev–Trinajstić information content (AvgIpc) is 2.94. The molecule has 1 amide bonds. The minimum atomic E-state index is 0.00569. The molecule has 112 valence electrons. The zero-order valence-corrected chi connectivity index (χ0v) is 14.0. The summed E-state index contributed by atoms with van der Waals surface area (Å²) < 4.78 is 1.96. The molecule has 0 saturated heterocycles. The summed E-state index contributed by atoms with van der Waals surface area (Å²) in [4.78, 5) is 16.4. The van der Waals surface area contributed by atoms with E-state index in [0.29, 0.717) is 17.3 Å². The molecule has 3 rings (SSSR count). The van der Waals surface area contributed by atoms with E-state index in [4.69, 9.17) is 11.6 Å². The number of aromatic nitrogens is 1. The Morgan fingerprint density at radius 3 is 2.86 bits per heavy atom. The summed E-state index contributed by atoms with van der Waals surface area (Å²) in [5, 5.41) is 3.58. The molecule has 2 aromatic carbocycles. The van der Waals surface area contributed by atoms with Gasteiger partial charge in [0.15, 0.2) is 4.34 Å². The highest BCUT2D eigenvalue weighted by Gasteiger charge is 2.08. The largest absolute Gasteiger partial charge is 0.351 e. The minimum Gasteiger partial charge on any atom is -0.351 e. The zero-order valence-electron chi connectivity index (χ0n) is 11.6. The number of thiazole rings is 1. The molecule has 0 spiro atoms. The van der Waals surface area contributed by atoms with E-state index in [1.807, 2.05) is 48.5 Å². The van der Waals surface area contributed by atoms with Gasteiger partial charge in [0.25, 0.3) is 0 Å². The van der Waals surface area contributed by atoms with Crippen molar-refractivity contribution in [3.05, 3.63) is 59.1 Å². The number of thioether (sulfide) groups is 1. The Bertz CT molecular complexity index is 789. The fourth-order valence-corrected chi connectivity index (χ4v) is 3.96. The third-order valence-electron chi connectivity index (χ3n) is 2.99. The second kappa shape index (κ2) is 7.13. The lowest BCUT2D eigenvalue weighted by molar-refractivity contribution is -0.118. The average molecular weight is 349 g/mol. The number of halogens is 1. The Morgan fingerprint density at radius 2 is 2.05 bits per heavy atom. The van der Waals surface area contributed by atoms with Crippen LogP contribution in [0.5, 0.6) is 0 Å². The lowest BCUT2D eigenvalue weighted by Gasteiger charge is -2.03. The fourth-order valence-electron chi connectivity index (χ4n) is 1.92. The van der Waals surface area contributed by atoms with Gasteiger partial charge in [0.2, 0.25) is 5.91 Å². The minimum absolute atomic E-state index is 0.00569. The summed E-state index contributed by atoms with van der Waals surface area (Å²) >= 11 is 8.97. The summed E-state index contributed by atoms with van der Waals surface area (Å²) in [5.41, 5.74) is 1.97. The number of benzene rings is 2. The molecule has 22 heavy (non-hydrogen) atoms. The molecule has 0 aliphatic rings. The van der Waals surface area contributed by atoms with E-state index in [1.165, 1.54) is 11.8 Å². The molecule has 0 aliphatic carbocycles. The van der Waals surface area contributed by atoms with Gasteiger partial charge in [-0.25, -0.2) is 4.98 Å². The third-order valence-corrected chi connectivity index (χ3v) is 5.40. The van der Waals surface area contributed by atoms with Crippen LogP contribution >= 0.6 is 34.7 Å². The number of fused-ring (bicyclic) bond motifs is 1. The van der Waals surface area contributed by atoms with Crippen molar-refractivity contribution in [2.24, 2.45) is 0 Å². The van der Waals surface area contributed by atoms with E-state index in [1.54, 1.807) is 11.3 Å². The SMILES string of the molecule is O=C(CSc1nc2cc(Cl)ccc2s1)NCc1ccccc1. The smallest absolute Gasteiger partial charge is 0.230 e. The predicted molar refractivity (Wildman–Crippen MR) is 93.6 cm³/mol. The van der Waals surface area contributed by atoms with Crippen molar-refractivity contribution >= 4 is 50.8 Å². The molecule has 0 aliphatic heterocycles. The number of rotatable bonds is 5. The molecule has 0 unspecified atom stereocenters. The highest BCUT2D eigenvalue weighted by atomic mass is 35.5. The van der Waals surface area contributed by atoms with Crippen LogP contribution in [0.25, 0.3) is 10.2 Å². The molecule has 0 fully saturated rings. The Labute approximate surface area is 141 Å². The van der Waals surface area contributed by atoms with Gasteiger partial charge in [-0.1, -0.05) is 53.7 Å². The first-order chi connectivity index (χ1) is 10.7. The van der Waals surface area contributed by atoms with Crippen LogP contribution in [0.3, 0.4) is 0 Å². The van der Waals surface area contributed by atoms with E-state index in [2.05, 4.69) is 10.3 Å². The Hall–Kier alpha value is -1.56. The maximum atomic E-state index is 11.9. The van der Waals surface area contributed by atoms with Crippen molar-refractivity contribution < 1.29 is 4.79 Å². The van der Waals surface area contributed by atoms with Crippen LogP contribution in [0.2, 0.25) is 5.02 Å². The van der Waals surface area contributed by atoms with Gasteiger partial charge < -0.3 is 5.32 Å². The van der Waals surface area contributed by atoms with Crippen molar-refractivity contribution in [2.75, 3.05) is 5.75 Å². The van der Waals surface area contributed by atoms with Crippen LogP contribution in [0.4, 0.5) is 0 Å². The Kier molecular flexibility index (Phi) is 4.97. The maximum absolute atomic E-state index is 11.9. The molecule has 1 N–H and O–H groups in total. The van der Waals surface area contributed by atoms with E-state index < -0.39 is 0 Å². The lowest BCUT2D eigenvalue weighted by Crippen LogP contribution is -2.24. The molecule has 3 nitrogen and oxygen atoms in total. The number of hydrogen-bond acceptors (Lipinski definition) is 4. The number of nitrogens with zero attached hydrogens (tertiary/aromatic N) is 1. The second-order valence-electron chi connectivity index (χ2n) is 4.64. The van der Waals surface area contributed by atoms with Crippen LogP contribution in [0.1, 0.15) is 5.56 Å². The van der Waals surface area contributed by atoms with Gasteiger partial charge in [-0.05, 0) is 23.8 Å². The first-order valence-corrected chi connectivity index (χ1v) is 8.88. The quantitative estimate of drug-likeness (QED) is 0.697. The van der Waals surface area contributed by atoms with Gasteiger partial charge in [-0.15, -0.1) is 11.3 Å². The highest BCUT2D eigenvalue weighted by Crippen LogP contribution is 2.30. The molecular formula is C16H13ClN2OS2. The second-order valence-corrected chi connectivity index (χ2v) is 7.33. The van der Waals surface area contributed by atoms with Crippen LogP contribution in [0.15, 0.2) is 52.9 Å². The third kappa shape index (κ3) is 4.00. The fraction of sp³-hybridized carbons (Fsp3) is 0.125. The predicted octanol–water partition coefficient (Wildman–Crippen LogP) is 4.36. The molecule has 1 heterocycles. The standard InChI is InChI=1S/C16H13ClN2OS2/c17-12-6-7-14-13(8-12)19-16(22-14)21-10-15(20)18-9-11-4-2-1-3-5-11/h1-8H,9-10H2,(H,18,20). The monoisotopic (exact) mass is 348 g/mol.